The minimum atomic E-state index is -0.319. The fourth-order valence-electron chi connectivity index (χ4n) is 2.55. The Morgan fingerprint density at radius 1 is 1.15 bits per heavy atom. The summed E-state index contributed by atoms with van der Waals surface area (Å²) in [6, 6.07) is 12.5. The predicted octanol–water partition coefficient (Wildman–Crippen LogP) is 4.10. The summed E-state index contributed by atoms with van der Waals surface area (Å²) in [7, 11) is 0. The summed E-state index contributed by atoms with van der Waals surface area (Å²) in [5, 5.41) is 9.34. The largest absolute Gasteiger partial charge is 0.347 e. The molecular formula is C19H17Cl2N3O2. The van der Waals surface area contributed by atoms with Gasteiger partial charge in [0.25, 0.3) is 5.91 Å². The molecule has 0 fully saturated rings. The monoisotopic (exact) mass is 389 g/mol. The smallest absolute Gasteiger partial charge is 0.267 e. The van der Waals surface area contributed by atoms with Crippen LogP contribution in [0.3, 0.4) is 0 Å². The molecule has 0 aliphatic carbocycles. The third kappa shape index (κ3) is 4.23. The van der Waals surface area contributed by atoms with Crippen molar-refractivity contribution in [2.24, 2.45) is 5.10 Å². The van der Waals surface area contributed by atoms with Gasteiger partial charge in [-0.1, -0.05) is 47.0 Å². The standard InChI is InChI=1S/C19H17Cl2N3O2/c1-12-2-6-15(7-3-12)24-18(25)9-8-17(23-24)19(26)22-11-13-4-5-14(20)10-16(13)21/h2-7,10H,8-9,11H2,1H3,(H,22,26). The first-order chi connectivity index (χ1) is 12.4. The third-order valence-electron chi connectivity index (χ3n) is 4.03. The Balaban J connectivity index is 1.72. The fraction of sp³-hybridized carbons (Fsp3) is 0.211. The molecule has 7 heteroatoms. The molecule has 26 heavy (non-hydrogen) atoms. The van der Waals surface area contributed by atoms with Gasteiger partial charge in [-0.05, 0) is 36.8 Å². The number of aryl methyl sites for hydroxylation is 1. The molecule has 0 atom stereocenters. The minimum absolute atomic E-state index is 0.133. The molecule has 0 spiro atoms. The molecule has 0 saturated carbocycles. The number of rotatable bonds is 4. The van der Waals surface area contributed by atoms with Gasteiger partial charge >= 0.3 is 0 Å². The average Bonchev–Trinajstić information content (AvgIpc) is 2.62. The van der Waals surface area contributed by atoms with E-state index in [9.17, 15) is 9.59 Å². The van der Waals surface area contributed by atoms with Gasteiger partial charge in [-0.15, -0.1) is 0 Å². The number of carbonyl (C=O) groups is 2. The van der Waals surface area contributed by atoms with E-state index in [0.717, 1.165) is 11.1 Å². The van der Waals surface area contributed by atoms with Crippen molar-refractivity contribution < 1.29 is 9.59 Å². The van der Waals surface area contributed by atoms with E-state index in [4.69, 9.17) is 23.2 Å². The van der Waals surface area contributed by atoms with E-state index in [1.165, 1.54) is 5.01 Å². The zero-order valence-corrected chi connectivity index (χ0v) is 15.6. The van der Waals surface area contributed by atoms with Crippen molar-refractivity contribution in [3.63, 3.8) is 0 Å². The molecule has 0 aromatic heterocycles. The zero-order valence-electron chi connectivity index (χ0n) is 14.1. The van der Waals surface area contributed by atoms with Crippen molar-refractivity contribution >= 4 is 46.4 Å². The third-order valence-corrected chi connectivity index (χ3v) is 4.61. The molecule has 0 radical (unpaired) electrons. The summed E-state index contributed by atoms with van der Waals surface area (Å²) >= 11 is 12.0. The van der Waals surface area contributed by atoms with E-state index < -0.39 is 0 Å². The van der Waals surface area contributed by atoms with Crippen LogP contribution in [0.15, 0.2) is 47.6 Å². The molecule has 2 amide bonds. The van der Waals surface area contributed by atoms with Crippen molar-refractivity contribution in [3.05, 3.63) is 63.6 Å². The van der Waals surface area contributed by atoms with Gasteiger partial charge in [-0.3, -0.25) is 9.59 Å². The van der Waals surface area contributed by atoms with Crippen LogP contribution in [0.4, 0.5) is 5.69 Å². The Kier molecular flexibility index (Phi) is 5.59. The van der Waals surface area contributed by atoms with Crippen LogP contribution in [-0.4, -0.2) is 17.5 Å². The van der Waals surface area contributed by atoms with Crippen molar-refractivity contribution in [1.82, 2.24) is 5.32 Å². The first kappa shape index (κ1) is 18.4. The molecule has 5 nitrogen and oxygen atoms in total. The number of anilines is 1. The minimum Gasteiger partial charge on any atom is -0.347 e. The van der Waals surface area contributed by atoms with Crippen molar-refractivity contribution in [2.75, 3.05) is 5.01 Å². The maximum Gasteiger partial charge on any atom is 0.267 e. The van der Waals surface area contributed by atoms with E-state index in [1.54, 1.807) is 18.2 Å². The molecule has 2 aromatic rings. The quantitative estimate of drug-likeness (QED) is 0.855. The molecule has 134 valence electrons. The van der Waals surface area contributed by atoms with Gasteiger partial charge in [0.15, 0.2) is 0 Å². The summed E-state index contributed by atoms with van der Waals surface area (Å²) in [4.78, 5) is 24.6. The Bertz CT molecular complexity index is 879. The summed E-state index contributed by atoms with van der Waals surface area (Å²) in [6.07, 6.45) is 0.545. The van der Waals surface area contributed by atoms with Gasteiger partial charge in [0.2, 0.25) is 5.91 Å². The van der Waals surface area contributed by atoms with Gasteiger partial charge in [0.1, 0.15) is 5.71 Å². The Hall–Kier alpha value is -2.37. The van der Waals surface area contributed by atoms with E-state index in [0.29, 0.717) is 27.9 Å². The average molecular weight is 390 g/mol. The highest BCUT2D eigenvalue weighted by atomic mass is 35.5. The molecule has 3 rings (SSSR count). The lowest BCUT2D eigenvalue weighted by atomic mass is 10.1. The Morgan fingerprint density at radius 3 is 2.58 bits per heavy atom. The van der Waals surface area contributed by atoms with Gasteiger partial charge in [-0.25, -0.2) is 5.01 Å². The molecule has 1 aliphatic rings. The highest BCUT2D eigenvalue weighted by Gasteiger charge is 2.25. The molecule has 0 bridgehead atoms. The van der Waals surface area contributed by atoms with Gasteiger partial charge < -0.3 is 5.32 Å². The van der Waals surface area contributed by atoms with Crippen molar-refractivity contribution in [3.8, 4) is 0 Å². The van der Waals surface area contributed by atoms with Gasteiger partial charge in [0, 0.05) is 29.4 Å². The summed E-state index contributed by atoms with van der Waals surface area (Å²) in [5.41, 5.74) is 2.80. The van der Waals surface area contributed by atoms with Crippen molar-refractivity contribution in [1.29, 1.82) is 0 Å². The van der Waals surface area contributed by atoms with Crippen LogP contribution in [0.2, 0.25) is 10.0 Å². The number of hydrogen-bond acceptors (Lipinski definition) is 3. The second-order valence-corrected chi connectivity index (χ2v) is 6.85. The molecule has 0 unspecified atom stereocenters. The number of benzene rings is 2. The molecule has 0 saturated heterocycles. The first-order valence-corrected chi connectivity index (χ1v) is 8.89. The summed E-state index contributed by atoms with van der Waals surface area (Å²) in [6.45, 7) is 2.22. The van der Waals surface area contributed by atoms with E-state index >= 15 is 0 Å². The Labute approximate surface area is 161 Å². The number of nitrogens with zero attached hydrogens (tertiary/aromatic N) is 2. The second kappa shape index (κ2) is 7.89. The first-order valence-electron chi connectivity index (χ1n) is 8.13. The van der Waals surface area contributed by atoms with Crippen LogP contribution in [0.1, 0.15) is 24.0 Å². The van der Waals surface area contributed by atoms with Crippen LogP contribution in [0.25, 0.3) is 0 Å². The lowest BCUT2D eigenvalue weighted by Crippen LogP contribution is -2.38. The molecule has 1 aliphatic heterocycles. The molecule has 1 N–H and O–H groups in total. The zero-order chi connectivity index (χ0) is 18.7. The fourth-order valence-corrected chi connectivity index (χ4v) is 3.02. The Morgan fingerprint density at radius 2 is 1.88 bits per heavy atom. The maximum absolute atomic E-state index is 12.4. The number of carbonyl (C=O) groups excluding carboxylic acids is 2. The SMILES string of the molecule is Cc1ccc(N2N=C(C(=O)NCc3ccc(Cl)cc3Cl)CCC2=O)cc1. The van der Waals surface area contributed by atoms with Gasteiger partial charge in [-0.2, -0.15) is 5.10 Å². The van der Waals surface area contributed by atoms with Crippen molar-refractivity contribution in [2.45, 2.75) is 26.3 Å². The number of halogens is 2. The molecule has 2 aromatic carbocycles. The van der Waals surface area contributed by atoms with Gasteiger partial charge in [0.05, 0.1) is 5.69 Å². The van der Waals surface area contributed by atoms with E-state index in [-0.39, 0.29) is 24.8 Å². The maximum atomic E-state index is 12.4. The number of hydrogen-bond donors (Lipinski definition) is 1. The normalized spacial score (nSPS) is 14.2. The van der Waals surface area contributed by atoms with Crippen LogP contribution in [0, 0.1) is 6.92 Å². The lowest BCUT2D eigenvalue weighted by Gasteiger charge is -2.23. The van der Waals surface area contributed by atoms with E-state index in [2.05, 4.69) is 10.4 Å². The van der Waals surface area contributed by atoms with E-state index in [1.807, 2.05) is 31.2 Å². The molecular weight excluding hydrogens is 373 g/mol. The number of hydrazone groups is 1. The topological polar surface area (TPSA) is 61.8 Å². The number of nitrogens with one attached hydrogen (secondary N) is 1. The predicted molar refractivity (Wildman–Crippen MR) is 104 cm³/mol. The van der Waals surface area contributed by atoms with Crippen LogP contribution in [0.5, 0.6) is 0 Å². The summed E-state index contributed by atoms with van der Waals surface area (Å²) < 4.78 is 0. The number of amides is 2. The lowest BCUT2D eigenvalue weighted by molar-refractivity contribution is -0.119. The molecule has 1 heterocycles. The highest BCUT2D eigenvalue weighted by molar-refractivity contribution is 6.40. The van der Waals surface area contributed by atoms with Crippen LogP contribution in [-0.2, 0) is 16.1 Å². The van der Waals surface area contributed by atoms with Crippen LogP contribution < -0.4 is 10.3 Å². The summed E-state index contributed by atoms with van der Waals surface area (Å²) in [5.74, 6) is -0.452. The van der Waals surface area contributed by atoms with Crippen LogP contribution >= 0.6 is 23.2 Å². The second-order valence-electron chi connectivity index (χ2n) is 6.01. The highest BCUT2D eigenvalue weighted by Crippen LogP contribution is 2.22.